The number of aromatic nitrogens is 1. The number of unbranched alkanes of at least 4 members (excludes halogenated alkanes) is 1. The van der Waals surface area contributed by atoms with E-state index < -0.39 is 0 Å². The zero-order valence-electron chi connectivity index (χ0n) is 13.0. The molecule has 0 saturated carbocycles. The lowest BCUT2D eigenvalue weighted by molar-refractivity contribution is 0.215. The molecule has 0 spiro atoms. The van der Waals surface area contributed by atoms with E-state index >= 15 is 0 Å². The highest BCUT2D eigenvalue weighted by molar-refractivity contribution is 5.37. The first kappa shape index (κ1) is 15.3. The van der Waals surface area contributed by atoms with E-state index in [0.717, 1.165) is 38.3 Å². The Morgan fingerprint density at radius 3 is 3.00 bits per heavy atom. The normalized spacial score (nSPS) is 15.4. The zero-order chi connectivity index (χ0) is 14.4. The van der Waals surface area contributed by atoms with Crippen LogP contribution in [0.2, 0.25) is 0 Å². The number of nitrogens with zero attached hydrogens (tertiary/aromatic N) is 2. The molecule has 2 rings (SSSR count). The van der Waals surface area contributed by atoms with E-state index in [0.29, 0.717) is 0 Å². The van der Waals surface area contributed by atoms with Crippen LogP contribution in [-0.4, -0.2) is 42.7 Å². The van der Waals surface area contributed by atoms with E-state index in [9.17, 15) is 0 Å². The van der Waals surface area contributed by atoms with Crippen LogP contribution < -0.4 is 10.1 Å². The maximum absolute atomic E-state index is 5.93. The van der Waals surface area contributed by atoms with E-state index in [-0.39, 0.29) is 6.10 Å². The van der Waals surface area contributed by atoms with Gasteiger partial charge in [0.1, 0.15) is 5.75 Å². The summed E-state index contributed by atoms with van der Waals surface area (Å²) in [6, 6.07) is 2.00. The second-order valence-electron chi connectivity index (χ2n) is 5.74. The first-order valence-corrected chi connectivity index (χ1v) is 7.71. The molecule has 0 saturated heterocycles. The molecule has 0 amide bonds. The van der Waals surface area contributed by atoms with Gasteiger partial charge < -0.3 is 10.1 Å². The van der Waals surface area contributed by atoms with Gasteiger partial charge in [0.05, 0.1) is 6.10 Å². The molecule has 0 atom stereocenters. The van der Waals surface area contributed by atoms with Crippen molar-refractivity contribution in [1.82, 2.24) is 15.2 Å². The highest BCUT2D eigenvalue weighted by atomic mass is 16.5. The number of rotatable bonds is 7. The van der Waals surface area contributed by atoms with Crippen LogP contribution in [0.15, 0.2) is 12.3 Å². The van der Waals surface area contributed by atoms with Crippen molar-refractivity contribution in [2.45, 2.75) is 45.8 Å². The fourth-order valence-electron chi connectivity index (χ4n) is 2.66. The maximum Gasteiger partial charge on any atom is 0.127 e. The molecule has 0 aromatic carbocycles. The van der Waals surface area contributed by atoms with Gasteiger partial charge in [-0.15, -0.1) is 0 Å². The molecular weight excluding hydrogens is 250 g/mol. The molecule has 0 aliphatic carbocycles. The van der Waals surface area contributed by atoms with Gasteiger partial charge in [-0.3, -0.25) is 9.88 Å². The Kier molecular flexibility index (Phi) is 5.80. The van der Waals surface area contributed by atoms with Crippen molar-refractivity contribution in [3.8, 4) is 5.75 Å². The van der Waals surface area contributed by atoms with Crippen molar-refractivity contribution in [1.29, 1.82) is 0 Å². The summed E-state index contributed by atoms with van der Waals surface area (Å²) in [5.41, 5.74) is 2.51. The minimum atomic E-state index is 0.215. The van der Waals surface area contributed by atoms with Crippen LogP contribution in [-0.2, 0) is 13.0 Å². The molecule has 0 radical (unpaired) electrons. The molecule has 1 aromatic heterocycles. The van der Waals surface area contributed by atoms with Crippen LogP contribution in [0, 0.1) is 0 Å². The van der Waals surface area contributed by atoms with Gasteiger partial charge in [0.2, 0.25) is 0 Å². The van der Waals surface area contributed by atoms with E-state index in [1.165, 1.54) is 24.1 Å². The van der Waals surface area contributed by atoms with E-state index in [1.807, 2.05) is 19.3 Å². The molecule has 4 heteroatoms. The van der Waals surface area contributed by atoms with Gasteiger partial charge in [-0.05, 0) is 52.9 Å². The molecule has 1 aromatic rings. The summed E-state index contributed by atoms with van der Waals surface area (Å²) < 4.78 is 5.93. The molecule has 20 heavy (non-hydrogen) atoms. The third-order valence-electron chi connectivity index (χ3n) is 3.66. The molecule has 0 bridgehead atoms. The maximum atomic E-state index is 5.93. The molecular formula is C16H27N3O. The molecule has 1 aliphatic heterocycles. The van der Waals surface area contributed by atoms with Crippen LogP contribution in [0.3, 0.4) is 0 Å². The van der Waals surface area contributed by atoms with Gasteiger partial charge in [-0.2, -0.15) is 0 Å². The van der Waals surface area contributed by atoms with Crippen LogP contribution >= 0.6 is 0 Å². The van der Waals surface area contributed by atoms with Crippen molar-refractivity contribution in [2.24, 2.45) is 0 Å². The van der Waals surface area contributed by atoms with Crippen LogP contribution in [0.25, 0.3) is 0 Å². The quantitative estimate of drug-likeness (QED) is 0.776. The minimum absolute atomic E-state index is 0.215. The zero-order valence-corrected chi connectivity index (χ0v) is 13.0. The molecule has 1 N–H and O–H groups in total. The Morgan fingerprint density at radius 2 is 2.25 bits per heavy atom. The molecule has 2 heterocycles. The van der Waals surface area contributed by atoms with Crippen molar-refractivity contribution >= 4 is 0 Å². The molecule has 0 fully saturated rings. The fraction of sp³-hybridized carbons (Fsp3) is 0.688. The average Bonchev–Trinajstić information content (AvgIpc) is 2.43. The topological polar surface area (TPSA) is 37.4 Å². The van der Waals surface area contributed by atoms with Gasteiger partial charge in [0, 0.05) is 37.0 Å². The van der Waals surface area contributed by atoms with Crippen molar-refractivity contribution in [3.63, 3.8) is 0 Å². The summed E-state index contributed by atoms with van der Waals surface area (Å²) in [4.78, 5) is 7.04. The lowest BCUT2D eigenvalue weighted by Crippen LogP contribution is -2.32. The van der Waals surface area contributed by atoms with E-state index in [2.05, 4.69) is 29.0 Å². The third-order valence-corrected chi connectivity index (χ3v) is 3.66. The van der Waals surface area contributed by atoms with Crippen LogP contribution in [0.1, 0.15) is 37.9 Å². The van der Waals surface area contributed by atoms with Gasteiger partial charge >= 0.3 is 0 Å². The average molecular weight is 277 g/mol. The third kappa shape index (κ3) is 4.18. The Labute approximate surface area is 122 Å². The van der Waals surface area contributed by atoms with E-state index in [4.69, 9.17) is 4.74 Å². The van der Waals surface area contributed by atoms with Crippen LogP contribution in [0.5, 0.6) is 5.75 Å². The lowest BCUT2D eigenvalue weighted by Gasteiger charge is -2.29. The molecule has 112 valence electrons. The van der Waals surface area contributed by atoms with Gasteiger partial charge in [0.25, 0.3) is 0 Å². The second-order valence-corrected chi connectivity index (χ2v) is 5.74. The standard InChI is InChI=1S/C16H27N3O/c1-13(2)20-16-6-9-18-15-7-11-19(12-14(15)16)10-5-4-8-17-3/h6,9,13,17H,4-5,7-8,10-12H2,1-3H3. The van der Waals surface area contributed by atoms with Gasteiger partial charge in [0.15, 0.2) is 0 Å². The Hall–Kier alpha value is -1.13. The smallest absolute Gasteiger partial charge is 0.127 e. The summed E-state index contributed by atoms with van der Waals surface area (Å²) >= 11 is 0. The first-order chi connectivity index (χ1) is 9.70. The Bertz CT molecular complexity index is 420. The molecule has 1 aliphatic rings. The van der Waals surface area contributed by atoms with Crippen molar-refractivity contribution < 1.29 is 4.74 Å². The minimum Gasteiger partial charge on any atom is -0.491 e. The predicted molar refractivity (Wildman–Crippen MR) is 82.1 cm³/mol. The summed E-state index contributed by atoms with van der Waals surface area (Å²) in [6.45, 7) is 8.51. The lowest BCUT2D eigenvalue weighted by atomic mass is 10.0. The monoisotopic (exact) mass is 277 g/mol. The predicted octanol–water partition coefficient (Wildman–Crippen LogP) is 2.23. The largest absolute Gasteiger partial charge is 0.491 e. The van der Waals surface area contributed by atoms with Gasteiger partial charge in [-0.1, -0.05) is 0 Å². The Morgan fingerprint density at radius 1 is 1.40 bits per heavy atom. The highest BCUT2D eigenvalue weighted by Gasteiger charge is 2.20. The molecule has 4 nitrogen and oxygen atoms in total. The fourth-order valence-corrected chi connectivity index (χ4v) is 2.66. The number of hydrogen-bond acceptors (Lipinski definition) is 4. The number of ether oxygens (including phenoxy) is 1. The van der Waals surface area contributed by atoms with E-state index in [1.54, 1.807) is 0 Å². The number of hydrogen-bond donors (Lipinski definition) is 1. The molecule has 0 unspecified atom stereocenters. The summed E-state index contributed by atoms with van der Waals surface area (Å²) in [7, 11) is 2.01. The number of pyridine rings is 1. The number of fused-ring (bicyclic) bond motifs is 1. The summed E-state index contributed by atoms with van der Waals surface area (Å²) in [5, 5.41) is 3.20. The number of nitrogens with one attached hydrogen (secondary N) is 1. The summed E-state index contributed by atoms with van der Waals surface area (Å²) in [6.07, 6.45) is 5.61. The van der Waals surface area contributed by atoms with Crippen molar-refractivity contribution in [2.75, 3.05) is 26.7 Å². The van der Waals surface area contributed by atoms with Gasteiger partial charge in [-0.25, -0.2) is 0 Å². The summed E-state index contributed by atoms with van der Waals surface area (Å²) in [5.74, 6) is 1.02. The second kappa shape index (κ2) is 7.60. The SMILES string of the molecule is CNCCCCN1CCc2nccc(OC(C)C)c2C1. The Balaban J connectivity index is 1.96. The van der Waals surface area contributed by atoms with Crippen LogP contribution in [0.4, 0.5) is 0 Å². The van der Waals surface area contributed by atoms with Crippen molar-refractivity contribution in [3.05, 3.63) is 23.5 Å². The first-order valence-electron chi connectivity index (χ1n) is 7.71. The highest BCUT2D eigenvalue weighted by Crippen LogP contribution is 2.27.